The van der Waals surface area contributed by atoms with Crippen molar-refractivity contribution in [2.24, 2.45) is 0 Å². The van der Waals surface area contributed by atoms with E-state index in [0.29, 0.717) is 29.0 Å². The van der Waals surface area contributed by atoms with E-state index in [1.165, 1.54) is 11.8 Å². The summed E-state index contributed by atoms with van der Waals surface area (Å²) < 4.78 is 13.1. The number of hydrogen-bond donors (Lipinski definition) is 1. The molecule has 0 radical (unpaired) electrons. The largest absolute Gasteiger partial charge is 0.493 e. The second-order valence-corrected chi connectivity index (χ2v) is 7.74. The first-order valence-electron chi connectivity index (χ1n) is 9.69. The van der Waals surface area contributed by atoms with Gasteiger partial charge in [-0.3, -0.25) is 4.79 Å². The van der Waals surface area contributed by atoms with E-state index in [0.717, 1.165) is 16.8 Å². The number of aryl methyl sites for hydroxylation is 2. The van der Waals surface area contributed by atoms with Crippen LogP contribution in [0, 0.1) is 13.8 Å². The second-order valence-electron chi connectivity index (χ2n) is 6.80. The summed E-state index contributed by atoms with van der Waals surface area (Å²) >= 11 is 1.35. The van der Waals surface area contributed by atoms with Gasteiger partial charge in [-0.2, -0.15) is 0 Å². The Balaban J connectivity index is 1.60. The Labute approximate surface area is 180 Å². The van der Waals surface area contributed by atoms with E-state index < -0.39 is 0 Å². The number of carbonyl (C=O) groups excluding carboxylic acids is 1. The number of carbonyl (C=O) groups is 1. The number of para-hydroxylation sites is 2. The van der Waals surface area contributed by atoms with Crippen molar-refractivity contribution in [1.29, 1.82) is 0 Å². The van der Waals surface area contributed by atoms with E-state index in [4.69, 9.17) is 9.47 Å². The highest BCUT2D eigenvalue weighted by molar-refractivity contribution is 7.99. The fraction of sp³-hybridized carbons (Fsp3) is 0.318. The fourth-order valence-corrected chi connectivity index (χ4v) is 3.93. The summed E-state index contributed by atoms with van der Waals surface area (Å²) in [5.74, 6) is 2.17. The van der Waals surface area contributed by atoms with Gasteiger partial charge in [0.1, 0.15) is 6.61 Å². The van der Waals surface area contributed by atoms with Gasteiger partial charge < -0.3 is 19.4 Å². The molecule has 3 rings (SSSR count). The number of methoxy groups -OCH3 is 1. The number of benzene rings is 2. The number of anilines is 1. The number of nitrogens with zero attached hydrogens (tertiary/aromatic N) is 3. The average Bonchev–Trinajstić information content (AvgIpc) is 3.12. The third kappa shape index (κ3) is 5.54. The minimum atomic E-state index is -0.0810. The third-order valence-corrected chi connectivity index (χ3v) is 5.34. The van der Waals surface area contributed by atoms with Crippen molar-refractivity contribution in [3.05, 3.63) is 59.4 Å². The minimum absolute atomic E-state index is 0.0810. The standard InChI is InChI=1S/C22H26N4O3S/c1-5-26-20(13-29-19-9-7-6-8-18(19)28-4)24-25-22(26)30-14-21(27)23-17-11-15(2)10-16(3)12-17/h6-12H,5,13-14H2,1-4H3,(H,23,27). The zero-order valence-electron chi connectivity index (χ0n) is 17.6. The van der Waals surface area contributed by atoms with Crippen LogP contribution < -0.4 is 14.8 Å². The van der Waals surface area contributed by atoms with Gasteiger partial charge in [-0.05, 0) is 56.2 Å². The summed E-state index contributed by atoms with van der Waals surface area (Å²) in [7, 11) is 1.61. The molecule has 1 aromatic heterocycles. The van der Waals surface area contributed by atoms with E-state index in [-0.39, 0.29) is 18.3 Å². The number of rotatable bonds is 9. The first-order valence-corrected chi connectivity index (χ1v) is 10.7. The molecule has 7 nitrogen and oxygen atoms in total. The number of nitrogens with one attached hydrogen (secondary N) is 1. The molecular weight excluding hydrogens is 400 g/mol. The molecule has 3 aromatic rings. The van der Waals surface area contributed by atoms with Crippen LogP contribution in [0.3, 0.4) is 0 Å². The zero-order valence-corrected chi connectivity index (χ0v) is 18.5. The van der Waals surface area contributed by atoms with Crippen molar-refractivity contribution in [2.75, 3.05) is 18.2 Å². The van der Waals surface area contributed by atoms with Gasteiger partial charge in [0.25, 0.3) is 0 Å². The smallest absolute Gasteiger partial charge is 0.234 e. The summed E-state index contributed by atoms with van der Waals surface area (Å²) in [5, 5.41) is 12.1. The fourth-order valence-electron chi connectivity index (χ4n) is 3.10. The first kappa shape index (κ1) is 21.7. The van der Waals surface area contributed by atoms with Crippen LogP contribution in [-0.4, -0.2) is 33.5 Å². The predicted molar refractivity (Wildman–Crippen MR) is 118 cm³/mol. The van der Waals surface area contributed by atoms with Crippen LogP contribution in [0.25, 0.3) is 0 Å². The Morgan fingerprint density at radius 1 is 1.10 bits per heavy atom. The lowest BCUT2D eigenvalue weighted by atomic mass is 10.1. The highest BCUT2D eigenvalue weighted by Gasteiger charge is 2.15. The molecule has 2 aromatic carbocycles. The Morgan fingerprint density at radius 2 is 1.80 bits per heavy atom. The van der Waals surface area contributed by atoms with Crippen molar-refractivity contribution in [2.45, 2.75) is 39.1 Å². The van der Waals surface area contributed by atoms with Crippen molar-refractivity contribution >= 4 is 23.4 Å². The molecule has 158 valence electrons. The molecule has 0 saturated carbocycles. The molecule has 8 heteroatoms. The highest BCUT2D eigenvalue weighted by atomic mass is 32.2. The molecule has 0 bridgehead atoms. The molecule has 0 aliphatic heterocycles. The normalized spacial score (nSPS) is 10.7. The van der Waals surface area contributed by atoms with Crippen LogP contribution in [-0.2, 0) is 17.9 Å². The third-order valence-electron chi connectivity index (χ3n) is 4.37. The van der Waals surface area contributed by atoms with Crippen LogP contribution >= 0.6 is 11.8 Å². The summed E-state index contributed by atoms with van der Waals surface area (Å²) in [6.45, 7) is 6.97. The topological polar surface area (TPSA) is 78.3 Å². The highest BCUT2D eigenvalue weighted by Crippen LogP contribution is 2.27. The van der Waals surface area contributed by atoms with Gasteiger partial charge >= 0.3 is 0 Å². The summed E-state index contributed by atoms with van der Waals surface area (Å²) in [5.41, 5.74) is 3.03. The molecule has 0 spiro atoms. The van der Waals surface area contributed by atoms with E-state index in [1.54, 1.807) is 7.11 Å². The molecule has 30 heavy (non-hydrogen) atoms. The first-order chi connectivity index (χ1) is 14.5. The number of ether oxygens (including phenoxy) is 2. The molecule has 0 fully saturated rings. The zero-order chi connectivity index (χ0) is 21.5. The molecular formula is C22H26N4O3S. The number of hydrogen-bond acceptors (Lipinski definition) is 6. The van der Waals surface area contributed by atoms with E-state index in [9.17, 15) is 4.79 Å². The van der Waals surface area contributed by atoms with E-state index in [2.05, 4.69) is 21.6 Å². The Morgan fingerprint density at radius 3 is 2.47 bits per heavy atom. The summed E-state index contributed by atoms with van der Waals surface area (Å²) in [4.78, 5) is 12.4. The van der Waals surface area contributed by atoms with Gasteiger partial charge in [0.05, 0.1) is 12.9 Å². The van der Waals surface area contributed by atoms with Crippen molar-refractivity contribution in [3.8, 4) is 11.5 Å². The molecule has 0 aliphatic carbocycles. The van der Waals surface area contributed by atoms with Crippen LogP contribution in [0.5, 0.6) is 11.5 Å². The van der Waals surface area contributed by atoms with Gasteiger partial charge in [-0.15, -0.1) is 10.2 Å². The van der Waals surface area contributed by atoms with Crippen LogP contribution in [0.2, 0.25) is 0 Å². The molecule has 0 aliphatic rings. The number of thioether (sulfide) groups is 1. The number of aromatic nitrogens is 3. The maximum absolute atomic E-state index is 12.4. The molecule has 0 saturated heterocycles. The van der Waals surface area contributed by atoms with Crippen LogP contribution in [0.4, 0.5) is 5.69 Å². The SMILES string of the molecule is CCn1c(COc2ccccc2OC)nnc1SCC(=O)Nc1cc(C)cc(C)c1. The molecule has 0 unspecified atom stereocenters. The Kier molecular flexibility index (Phi) is 7.35. The van der Waals surface area contributed by atoms with Crippen molar-refractivity contribution in [3.63, 3.8) is 0 Å². The van der Waals surface area contributed by atoms with Crippen molar-refractivity contribution in [1.82, 2.24) is 14.8 Å². The molecule has 1 amide bonds. The Bertz CT molecular complexity index is 999. The molecule has 1 heterocycles. The van der Waals surface area contributed by atoms with Gasteiger partial charge in [-0.25, -0.2) is 0 Å². The minimum Gasteiger partial charge on any atom is -0.493 e. The molecule has 1 N–H and O–H groups in total. The van der Waals surface area contributed by atoms with Crippen LogP contribution in [0.1, 0.15) is 23.9 Å². The molecule has 0 atom stereocenters. The van der Waals surface area contributed by atoms with Crippen molar-refractivity contribution < 1.29 is 14.3 Å². The Hall–Kier alpha value is -3.00. The maximum Gasteiger partial charge on any atom is 0.234 e. The lowest BCUT2D eigenvalue weighted by molar-refractivity contribution is -0.113. The predicted octanol–water partition coefficient (Wildman–Crippen LogP) is 4.23. The van der Waals surface area contributed by atoms with Gasteiger partial charge in [0.2, 0.25) is 5.91 Å². The van der Waals surface area contributed by atoms with Gasteiger partial charge in [-0.1, -0.05) is 30.0 Å². The maximum atomic E-state index is 12.4. The lowest BCUT2D eigenvalue weighted by Gasteiger charge is -2.11. The van der Waals surface area contributed by atoms with E-state index in [1.807, 2.05) is 61.7 Å². The van der Waals surface area contributed by atoms with Gasteiger partial charge in [0.15, 0.2) is 22.5 Å². The van der Waals surface area contributed by atoms with E-state index >= 15 is 0 Å². The second kappa shape index (κ2) is 10.2. The van der Waals surface area contributed by atoms with Crippen LogP contribution in [0.15, 0.2) is 47.6 Å². The van der Waals surface area contributed by atoms with Gasteiger partial charge in [0, 0.05) is 12.2 Å². The lowest BCUT2D eigenvalue weighted by Crippen LogP contribution is -2.15. The summed E-state index contributed by atoms with van der Waals surface area (Å²) in [6, 6.07) is 13.4. The monoisotopic (exact) mass is 426 g/mol. The average molecular weight is 427 g/mol. The number of amides is 1. The quantitative estimate of drug-likeness (QED) is 0.516. The summed E-state index contributed by atoms with van der Waals surface area (Å²) in [6.07, 6.45) is 0.